The summed E-state index contributed by atoms with van der Waals surface area (Å²) in [6, 6.07) is 14.1. The molecule has 0 spiro atoms. The van der Waals surface area contributed by atoms with Gasteiger partial charge in [-0.15, -0.1) is 0 Å². The van der Waals surface area contributed by atoms with Gasteiger partial charge < -0.3 is 5.32 Å². The standard InChI is InChI=1S/C19H13ClFN5O2/c20-14-3-1-2-4-15(14)23-18(27)10-25-19(28)17-9-16(24-26(17)11-22-25)12-5-7-13(21)8-6-12/h1-9,11H,10H2,(H,23,27). The van der Waals surface area contributed by atoms with Crippen LogP contribution in [0, 0.1) is 5.82 Å². The largest absolute Gasteiger partial charge is 0.323 e. The molecule has 0 atom stereocenters. The van der Waals surface area contributed by atoms with Gasteiger partial charge in [-0.3, -0.25) is 9.59 Å². The van der Waals surface area contributed by atoms with Crippen molar-refractivity contribution < 1.29 is 9.18 Å². The van der Waals surface area contributed by atoms with Crippen molar-refractivity contribution >= 4 is 28.7 Å². The highest BCUT2D eigenvalue weighted by molar-refractivity contribution is 6.33. The van der Waals surface area contributed by atoms with Crippen LogP contribution >= 0.6 is 11.6 Å². The van der Waals surface area contributed by atoms with Crippen LogP contribution in [0.5, 0.6) is 0 Å². The molecule has 0 bridgehead atoms. The second-order valence-electron chi connectivity index (χ2n) is 5.99. The number of carbonyl (C=O) groups is 1. The number of carbonyl (C=O) groups excluding carboxylic acids is 1. The number of hydrogen-bond acceptors (Lipinski definition) is 4. The van der Waals surface area contributed by atoms with Crippen LogP contribution in [0.1, 0.15) is 0 Å². The molecule has 0 aliphatic carbocycles. The van der Waals surface area contributed by atoms with Crippen molar-refractivity contribution in [2.75, 3.05) is 5.32 Å². The van der Waals surface area contributed by atoms with Crippen LogP contribution in [0.2, 0.25) is 5.02 Å². The maximum atomic E-state index is 13.1. The van der Waals surface area contributed by atoms with Crippen LogP contribution < -0.4 is 10.9 Å². The van der Waals surface area contributed by atoms with E-state index in [0.29, 0.717) is 22.0 Å². The van der Waals surface area contributed by atoms with Gasteiger partial charge in [0.15, 0.2) is 0 Å². The first-order valence-electron chi connectivity index (χ1n) is 8.27. The summed E-state index contributed by atoms with van der Waals surface area (Å²) >= 11 is 6.02. The summed E-state index contributed by atoms with van der Waals surface area (Å²) in [5.41, 5.74) is 1.38. The number of hydrogen-bond donors (Lipinski definition) is 1. The van der Waals surface area contributed by atoms with Crippen LogP contribution in [-0.2, 0) is 11.3 Å². The Balaban J connectivity index is 1.61. The third-order valence-corrected chi connectivity index (χ3v) is 4.40. The van der Waals surface area contributed by atoms with E-state index < -0.39 is 11.5 Å². The third-order valence-electron chi connectivity index (χ3n) is 4.07. The first-order chi connectivity index (χ1) is 13.5. The van der Waals surface area contributed by atoms with E-state index in [4.69, 9.17) is 11.6 Å². The fourth-order valence-corrected chi connectivity index (χ4v) is 2.88. The summed E-state index contributed by atoms with van der Waals surface area (Å²) in [4.78, 5) is 24.9. The van der Waals surface area contributed by atoms with Crippen LogP contribution in [0.25, 0.3) is 16.8 Å². The number of nitrogens with zero attached hydrogens (tertiary/aromatic N) is 4. The van der Waals surface area contributed by atoms with Crippen LogP contribution in [0.3, 0.4) is 0 Å². The minimum atomic E-state index is -0.474. The van der Waals surface area contributed by atoms with Gasteiger partial charge >= 0.3 is 0 Å². The number of rotatable bonds is 4. The number of halogens is 2. The number of para-hydroxylation sites is 1. The highest BCUT2D eigenvalue weighted by atomic mass is 35.5. The lowest BCUT2D eigenvalue weighted by molar-refractivity contribution is -0.117. The molecular weight excluding hydrogens is 385 g/mol. The Bertz CT molecular complexity index is 1230. The minimum absolute atomic E-state index is 0.250. The number of benzene rings is 2. The number of aromatic nitrogens is 4. The van der Waals surface area contributed by atoms with Crippen molar-refractivity contribution in [1.82, 2.24) is 19.4 Å². The topological polar surface area (TPSA) is 81.3 Å². The molecule has 2 aromatic carbocycles. The Kier molecular flexibility index (Phi) is 4.62. The summed E-state index contributed by atoms with van der Waals surface area (Å²) in [6.07, 6.45) is 1.34. The normalized spacial score (nSPS) is 10.9. The maximum Gasteiger partial charge on any atom is 0.293 e. The van der Waals surface area contributed by atoms with Crippen molar-refractivity contribution in [2.24, 2.45) is 0 Å². The van der Waals surface area contributed by atoms with E-state index >= 15 is 0 Å². The van der Waals surface area contributed by atoms with E-state index in [2.05, 4.69) is 15.5 Å². The summed E-state index contributed by atoms with van der Waals surface area (Å²) < 4.78 is 15.5. The Morgan fingerprint density at radius 2 is 1.89 bits per heavy atom. The molecule has 28 heavy (non-hydrogen) atoms. The Hall–Kier alpha value is -3.52. The first kappa shape index (κ1) is 17.9. The van der Waals surface area contributed by atoms with Crippen molar-refractivity contribution in [3.8, 4) is 11.3 Å². The molecule has 0 aliphatic heterocycles. The molecule has 0 saturated carbocycles. The molecule has 4 rings (SSSR count). The van der Waals surface area contributed by atoms with E-state index in [1.807, 2.05) is 0 Å². The van der Waals surface area contributed by atoms with E-state index in [-0.39, 0.29) is 17.9 Å². The molecule has 2 heterocycles. The van der Waals surface area contributed by atoms with Gasteiger partial charge in [0, 0.05) is 5.56 Å². The van der Waals surface area contributed by atoms with Crippen LogP contribution in [0.15, 0.2) is 65.7 Å². The summed E-state index contributed by atoms with van der Waals surface area (Å²) in [6.45, 7) is -0.280. The van der Waals surface area contributed by atoms with E-state index in [1.54, 1.807) is 42.5 Å². The fourth-order valence-electron chi connectivity index (χ4n) is 2.70. The molecule has 9 heteroatoms. The van der Waals surface area contributed by atoms with Crippen molar-refractivity contribution in [3.05, 3.63) is 82.1 Å². The average molecular weight is 398 g/mol. The molecule has 0 fully saturated rings. The first-order valence-corrected chi connectivity index (χ1v) is 8.65. The van der Waals surface area contributed by atoms with Gasteiger partial charge in [0.2, 0.25) is 5.91 Å². The average Bonchev–Trinajstić information content (AvgIpc) is 3.12. The predicted octanol–water partition coefficient (Wildman–Crippen LogP) is 2.99. The lowest BCUT2D eigenvalue weighted by Gasteiger charge is -2.08. The molecule has 0 saturated heterocycles. The van der Waals surface area contributed by atoms with Crippen molar-refractivity contribution in [2.45, 2.75) is 6.54 Å². The number of amides is 1. The molecule has 7 nitrogen and oxygen atoms in total. The van der Waals surface area contributed by atoms with Crippen molar-refractivity contribution in [1.29, 1.82) is 0 Å². The van der Waals surface area contributed by atoms with E-state index in [0.717, 1.165) is 4.68 Å². The van der Waals surface area contributed by atoms with Gasteiger partial charge in [-0.05, 0) is 42.5 Å². The number of nitrogens with one attached hydrogen (secondary N) is 1. The molecule has 4 aromatic rings. The van der Waals surface area contributed by atoms with Gasteiger partial charge in [0.1, 0.15) is 24.2 Å². The van der Waals surface area contributed by atoms with Gasteiger partial charge in [0.25, 0.3) is 5.56 Å². The molecule has 0 unspecified atom stereocenters. The van der Waals surface area contributed by atoms with Gasteiger partial charge in [-0.25, -0.2) is 13.6 Å². The minimum Gasteiger partial charge on any atom is -0.323 e. The number of fused-ring (bicyclic) bond motifs is 1. The molecule has 1 amide bonds. The Morgan fingerprint density at radius 1 is 1.14 bits per heavy atom. The summed E-state index contributed by atoms with van der Waals surface area (Å²) in [7, 11) is 0. The van der Waals surface area contributed by atoms with E-state index in [9.17, 15) is 14.0 Å². The quantitative estimate of drug-likeness (QED) is 0.574. The lowest BCUT2D eigenvalue weighted by Crippen LogP contribution is -2.30. The molecule has 0 aliphatic rings. The smallest absolute Gasteiger partial charge is 0.293 e. The molecule has 0 radical (unpaired) electrons. The maximum absolute atomic E-state index is 13.1. The van der Waals surface area contributed by atoms with Gasteiger partial charge in [0.05, 0.1) is 16.4 Å². The summed E-state index contributed by atoms with van der Waals surface area (Å²) in [5.74, 6) is -0.800. The molecule has 2 aromatic heterocycles. The van der Waals surface area contributed by atoms with Gasteiger partial charge in [-0.1, -0.05) is 23.7 Å². The van der Waals surface area contributed by atoms with Crippen LogP contribution in [-0.4, -0.2) is 25.3 Å². The van der Waals surface area contributed by atoms with Gasteiger partial charge in [-0.2, -0.15) is 10.2 Å². The highest BCUT2D eigenvalue weighted by Crippen LogP contribution is 2.20. The zero-order valence-corrected chi connectivity index (χ0v) is 15.1. The SMILES string of the molecule is O=C(Cn1ncn2nc(-c3ccc(F)cc3)cc2c1=O)Nc1ccccc1Cl. The second-order valence-corrected chi connectivity index (χ2v) is 6.40. The van der Waals surface area contributed by atoms with E-state index in [1.165, 1.54) is 23.0 Å². The molecular formula is C19H13ClFN5O2. The van der Waals surface area contributed by atoms with Crippen LogP contribution in [0.4, 0.5) is 10.1 Å². The number of anilines is 1. The monoisotopic (exact) mass is 397 g/mol. The fraction of sp³-hybridized carbons (Fsp3) is 0.0526. The highest BCUT2D eigenvalue weighted by Gasteiger charge is 2.13. The molecule has 1 N–H and O–H groups in total. The molecule has 140 valence electrons. The zero-order valence-electron chi connectivity index (χ0n) is 14.3. The third kappa shape index (κ3) is 3.49. The van der Waals surface area contributed by atoms with Crippen molar-refractivity contribution in [3.63, 3.8) is 0 Å². The summed E-state index contributed by atoms with van der Waals surface area (Å²) in [5, 5.41) is 11.3. The second kappa shape index (κ2) is 7.24. The Morgan fingerprint density at radius 3 is 2.64 bits per heavy atom. The Labute approximate surface area is 163 Å². The predicted molar refractivity (Wildman–Crippen MR) is 103 cm³/mol. The zero-order chi connectivity index (χ0) is 19.7. The lowest BCUT2D eigenvalue weighted by atomic mass is 10.1.